The minimum Gasteiger partial charge on any atom is -0.493 e. The van der Waals surface area contributed by atoms with Crippen LogP contribution in [0.3, 0.4) is 0 Å². The molecule has 0 aliphatic heterocycles. The Kier molecular flexibility index (Phi) is 5.66. The van der Waals surface area contributed by atoms with Gasteiger partial charge in [-0.25, -0.2) is 0 Å². The number of benzene rings is 1. The van der Waals surface area contributed by atoms with Crippen LogP contribution in [0.4, 0.5) is 0 Å². The molecule has 0 fully saturated rings. The van der Waals surface area contributed by atoms with Gasteiger partial charge in [-0.15, -0.1) is 0 Å². The highest BCUT2D eigenvalue weighted by Crippen LogP contribution is 2.28. The van der Waals surface area contributed by atoms with Gasteiger partial charge < -0.3 is 20.0 Å². The number of carbonyl (C=O) groups is 1. The Labute approximate surface area is 112 Å². The number of rotatable bonds is 6. The van der Waals surface area contributed by atoms with Gasteiger partial charge in [0.25, 0.3) is 5.91 Å². The maximum absolute atomic E-state index is 11.3. The molecule has 0 bridgehead atoms. The molecule has 2 N–H and O–H groups in total. The first-order chi connectivity index (χ1) is 9.12. The van der Waals surface area contributed by atoms with Gasteiger partial charge in [0.1, 0.15) is 0 Å². The van der Waals surface area contributed by atoms with Gasteiger partial charge in [-0.2, -0.15) is 0 Å². The molecule has 1 amide bonds. The molecule has 0 aromatic heterocycles. The summed E-state index contributed by atoms with van der Waals surface area (Å²) in [7, 11) is 1.50. The first kappa shape index (κ1) is 14.8. The Balaban J connectivity index is 2.82. The monoisotopic (exact) mass is 266 g/mol. The van der Waals surface area contributed by atoms with E-state index in [4.69, 9.17) is 14.7 Å². The first-order valence-corrected chi connectivity index (χ1v) is 5.89. The predicted octanol–water partition coefficient (Wildman–Crippen LogP) is 1.41. The Hall–Kier alpha value is -2.24. The Morgan fingerprint density at radius 1 is 1.42 bits per heavy atom. The van der Waals surface area contributed by atoms with Crippen LogP contribution < -0.4 is 14.8 Å². The van der Waals surface area contributed by atoms with Crippen LogP contribution in [-0.4, -0.2) is 37.1 Å². The van der Waals surface area contributed by atoms with Crippen molar-refractivity contribution in [3.05, 3.63) is 23.8 Å². The zero-order chi connectivity index (χ0) is 14.3. The zero-order valence-corrected chi connectivity index (χ0v) is 11.3. The van der Waals surface area contributed by atoms with Gasteiger partial charge in [-0.3, -0.25) is 4.79 Å². The summed E-state index contributed by atoms with van der Waals surface area (Å²) in [6.07, 6.45) is 0. The predicted molar refractivity (Wildman–Crippen MR) is 71.2 cm³/mol. The van der Waals surface area contributed by atoms with E-state index in [1.165, 1.54) is 7.11 Å². The second-order valence-corrected chi connectivity index (χ2v) is 3.79. The van der Waals surface area contributed by atoms with Crippen molar-refractivity contribution < 1.29 is 19.5 Å². The first-order valence-electron chi connectivity index (χ1n) is 5.89. The fraction of sp³-hybridized carbons (Fsp3) is 0.385. The molecule has 19 heavy (non-hydrogen) atoms. The summed E-state index contributed by atoms with van der Waals surface area (Å²) in [5.74, 6) is 0.745. The smallest absolute Gasteiger partial charge is 0.257 e. The summed E-state index contributed by atoms with van der Waals surface area (Å²) in [5, 5.41) is 14.5. The Morgan fingerprint density at radius 3 is 2.74 bits per heavy atom. The number of oxime groups is 1. The number of likely N-dealkylation sites (N-methyl/N-ethyl adjacent to an activating group) is 1. The van der Waals surface area contributed by atoms with E-state index in [1.807, 2.05) is 6.92 Å². The number of amides is 1. The molecule has 1 rings (SSSR count). The maximum Gasteiger partial charge on any atom is 0.257 e. The van der Waals surface area contributed by atoms with E-state index in [-0.39, 0.29) is 12.5 Å². The fourth-order valence-corrected chi connectivity index (χ4v) is 1.46. The zero-order valence-electron chi connectivity index (χ0n) is 11.3. The van der Waals surface area contributed by atoms with Crippen molar-refractivity contribution in [1.82, 2.24) is 5.32 Å². The molecule has 0 spiro atoms. The molecule has 1 aromatic carbocycles. The Morgan fingerprint density at radius 2 is 2.16 bits per heavy atom. The summed E-state index contributed by atoms with van der Waals surface area (Å²) in [6, 6.07) is 5.08. The molecule has 0 saturated carbocycles. The average Bonchev–Trinajstić information content (AvgIpc) is 2.44. The molecular formula is C13H18N2O4. The van der Waals surface area contributed by atoms with Crippen molar-refractivity contribution in [1.29, 1.82) is 0 Å². The molecule has 1 aromatic rings. The standard InChI is InChI=1S/C13H18N2O4/c1-4-14-13(16)8-19-11-6-5-10(9(2)15-17)7-12(11)18-3/h5-7,17H,4,8H2,1-3H3,(H,14,16)/b15-9+. The van der Waals surface area contributed by atoms with E-state index < -0.39 is 0 Å². The van der Waals surface area contributed by atoms with Gasteiger partial charge in [0.15, 0.2) is 18.1 Å². The lowest BCUT2D eigenvalue weighted by molar-refractivity contribution is -0.123. The number of hydrogen-bond acceptors (Lipinski definition) is 5. The SMILES string of the molecule is CCNC(=O)COc1ccc(/C(C)=N/O)cc1OC. The maximum atomic E-state index is 11.3. The minimum atomic E-state index is -0.193. The van der Waals surface area contributed by atoms with Crippen LogP contribution in [0.2, 0.25) is 0 Å². The van der Waals surface area contributed by atoms with Gasteiger partial charge >= 0.3 is 0 Å². The van der Waals surface area contributed by atoms with E-state index >= 15 is 0 Å². The lowest BCUT2D eigenvalue weighted by Crippen LogP contribution is -2.28. The van der Waals surface area contributed by atoms with Crippen molar-refractivity contribution in [2.24, 2.45) is 5.16 Å². The number of nitrogens with one attached hydrogen (secondary N) is 1. The number of hydrogen-bond donors (Lipinski definition) is 2. The van der Waals surface area contributed by atoms with Crippen molar-refractivity contribution in [2.45, 2.75) is 13.8 Å². The molecule has 0 aliphatic carbocycles. The van der Waals surface area contributed by atoms with Crippen molar-refractivity contribution in [3.8, 4) is 11.5 Å². The molecule has 0 unspecified atom stereocenters. The summed E-state index contributed by atoms with van der Waals surface area (Å²) in [5.41, 5.74) is 1.18. The summed E-state index contributed by atoms with van der Waals surface area (Å²) >= 11 is 0. The van der Waals surface area contributed by atoms with Gasteiger partial charge in [0.05, 0.1) is 12.8 Å². The third-order valence-corrected chi connectivity index (χ3v) is 2.46. The highest BCUT2D eigenvalue weighted by Gasteiger charge is 2.09. The summed E-state index contributed by atoms with van der Waals surface area (Å²) in [4.78, 5) is 11.3. The van der Waals surface area contributed by atoms with Gasteiger partial charge in [0, 0.05) is 12.1 Å². The molecule has 0 saturated heterocycles. The second-order valence-electron chi connectivity index (χ2n) is 3.79. The summed E-state index contributed by atoms with van der Waals surface area (Å²) < 4.78 is 10.6. The lowest BCUT2D eigenvalue weighted by atomic mass is 10.1. The molecule has 104 valence electrons. The van der Waals surface area contributed by atoms with Crippen LogP contribution in [0, 0.1) is 0 Å². The Bertz CT molecular complexity index is 472. The quantitative estimate of drug-likeness (QED) is 0.463. The van der Waals surface area contributed by atoms with E-state index in [9.17, 15) is 4.79 Å². The van der Waals surface area contributed by atoms with Gasteiger partial charge in [0.2, 0.25) is 0 Å². The van der Waals surface area contributed by atoms with E-state index in [0.29, 0.717) is 29.3 Å². The van der Waals surface area contributed by atoms with Crippen molar-refractivity contribution in [2.75, 3.05) is 20.3 Å². The van der Waals surface area contributed by atoms with Crippen molar-refractivity contribution >= 4 is 11.6 Å². The average molecular weight is 266 g/mol. The van der Waals surface area contributed by atoms with Crippen LogP contribution in [0.15, 0.2) is 23.4 Å². The van der Waals surface area contributed by atoms with Crippen LogP contribution >= 0.6 is 0 Å². The number of ether oxygens (including phenoxy) is 2. The lowest BCUT2D eigenvalue weighted by Gasteiger charge is -2.11. The molecule has 6 heteroatoms. The third kappa shape index (κ3) is 4.17. The molecule has 0 atom stereocenters. The normalized spacial score (nSPS) is 11.0. The largest absolute Gasteiger partial charge is 0.493 e. The van der Waals surface area contributed by atoms with Crippen LogP contribution in [0.25, 0.3) is 0 Å². The highest BCUT2D eigenvalue weighted by atomic mass is 16.5. The van der Waals surface area contributed by atoms with Crippen LogP contribution in [0.5, 0.6) is 11.5 Å². The second kappa shape index (κ2) is 7.25. The highest BCUT2D eigenvalue weighted by molar-refractivity contribution is 5.98. The summed E-state index contributed by atoms with van der Waals surface area (Å²) in [6.45, 7) is 4.00. The molecule has 0 radical (unpaired) electrons. The fourth-order valence-electron chi connectivity index (χ4n) is 1.46. The topological polar surface area (TPSA) is 80.2 Å². The molecule has 0 aliphatic rings. The van der Waals surface area contributed by atoms with E-state index in [1.54, 1.807) is 25.1 Å². The van der Waals surface area contributed by atoms with Gasteiger partial charge in [-0.05, 0) is 32.0 Å². The molecule has 0 heterocycles. The number of nitrogens with zero attached hydrogens (tertiary/aromatic N) is 1. The molecule has 6 nitrogen and oxygen atoms in total. The van der Waals surface area contributed by atoms with Crippen LogP contribution in [0.1, 0.15) is 19.4 Å². The number of carbonyl (C=O) groups excluding carboxylic acids is 1. The van der Waals surface area contributed by atoms with Gasteiger partial charge in [-0.1, -0.05) is 5.16 Å². The van der Waals surface area contributed by atoms with E-state index in [0.717, 1.165) is 0 Å². The molecular weight excluding hydrogens is 248 g/mol. The van der Waals surface area contributed by atoms with Crippen molar-refractivity contribution in [3.63, 3.8) is 0 Å². The van der Waals surface area contributed by atoms with E-state index in [2.05, 4.69) is 10.5 Å². The minimum absolute atomic E-state index is 0.0728. The number of methoxy groups -OCH3 is 1. The van der Waals surface area contributed by atoms with Crippen LogP contribution in [-0.2, 0) is 4.79 Å². The third-order valence-electron chi connectivity index (χ3n) is 2.46.